The number of amides is 1. The number of hydrogen-bond donors (Lipinski definition) is 0. The lowest BCUT2D eigenvalue weighted by molar-refractivity contribution is -0.384. The first-order chi connectivity index (χ1) is 12.5. The maximum atomic E-state index is 12.8. The smallest absolute Gasteiger partial charge is 0.270 e. The molecule has 1 amide bonds. The van der Waals surface area contributed by atoms with E-state index < -0.39 is 4.92 Å². The van der Waals surface area contributed by atoms with Crippen molar-refractivity contribution >= 4 is 40.0 Å². The Labute approximate surface area is 163 Å². The van der Waals surface area contributed by atoms with Crippen LogP contribution in [0.1, 0.15) is 15.9 Å². The number of nitro benzene ring substituents is 1. The number of nitrogens with zero attached hydrogens (tertiary/aromatic N) is 5. The predicted molar refractivity (Wildman–Crippen MR) is 103 cm³/mol. The van der Waals surface area contributed by atoms with E-state index >= 15 is 0 Å². The molecular formula is C17H14IN5O3. The predicted octanol–water partition coefficient (Wildman–Crippen LogP) is 2.43. The van der Waals surface area contributed by atoms with Gasteiger partial charge in [0.1, 0.15) is 11.9 Å². The van der Waals surface area contributed by atoms with Crippen LogP contribution in [0.25, 0.3) is 0 Å². The maximum absolute atomic E-state index is 12.8. The minimum atomic E-state index is -0.505. The zero-order chi connectivity index (χ0) is 18.7. The van der Waals surface area contributed by atoms with E-state index in [-0.39, 0.29) is 11.6 Å². The van der Waals surface area contributed by atoms with Crippen LogP contribution in [0.4, 0.5) is 11.5 Å². The summed E-state index contributed by atoms with van der Waals surface area (Å²) in [5.41, 5.74) is 0.740. The zero-order valence-electron chi connectivity index (χ0n) is 13.6. The van der Waals surface area contributed by atoms with E-state index in [2.05, 4.69) is 11.1 Å². The molecule has 0 unspecified atom stereocenters. The molecule has 0 saturated carbocycles. The second kappa shape index (κ2) is 7.65. The number of benzene rings is 1. The molecule has 1 aliphatic heterocycles. The Balaban J connectivity index is 1.74. The van der Waals surface area contributed by atoms with E-state index in [1.54, 1.807) is 29.3 Å². The Morgan fingerprint density at radius 2 is 2.00 bits per heavy atom. The van der Waals surface area contributed by atoms with Gasteiger partial charge >= 0.3 is 0 Å². The van der Waals surface area contributed by atoms with E-state index in [1.165, 1.54) is 12.1 Å². The number of nitro groups is 1. The van der Waals surface area contributed by atoms with Crippen molar-refractivity contribution in [2.75, 3.05) is 31.1 Å². The van der Waals surface area contributed by atoms with Crippen LogP contribution in [0.5, 0.6) is 0 Å². The monoisotopic (exact) mass is 463 g/mol. The number of carbonyl (C=O) groups is 1. The standard InChI is InChI=1S/C17H14IN5O3/c18-15-4-3-13(23(25)26)10-14(15)17(24)22-8-6-21(7-9-22)16-12(11-19)2-1-5-20-16/h1-5,10H,6-9H2. The summed E-state index contributed by atoms with van der Waals surface area (Å²) in [5.74, 6) is 0.395. The second-order valence-corrected chi connectivity index (χ2v) is 6.85. The van der Waals surface area contributed by atoms with Crippen LogP contribution in [0, 0.1) is 25.0 Å². The number of piperazine rings is 1. The van der Waals surface area contributed by atoms with Gasteiger partial charge in [-0.2, -0.15) is 5.26 Å². The number of halogens is 1. The first kappa shape index (κ1) is 18.1. The molecule has 0 atom stereocenters. The van der Waals surface area contributed by atoms with Crippen LogP contribution in [-0.4, -0.2) is 46.9 Å². The van der Waals surface area contributed by atoms with Crippen molar-refractivity contribution in [1.82, 2.24) is 9.88 Å². The third kappa shape index (κ3) is 3.60. The average molecular weight is 463 g/mol. The van der Waals surface area contributed by atoms with Crippen molar-refractivity contribution in [3.63, 3.8) is 0 Å². The van der Waals surface area contributed by atoms with Crippen molar-refractivity contribution < 1.29 is 9.72 Å². The van der Waals surface area contributed by atoms with Crippen molar-refractivity contribution in [2.24, 2.45) is 0 Å². The molecule has 132 valence electrons. The Hall–Kier alpha value is -2.74. The summed E-state index contributed by atoms with van der Waals surface area (Å²) in [6.45, 7) is 2.00. The molecule has 2 heterocycles. The molecule has 8 nitrogen and oxygen atoms in total. The summed E-state index contributed by atoms with van der Waals surface area (Å²) in [5, 5.41) is 20.2. The zero-order valence-corrected chi connectivity index (χ0v) is 15.8. The third-order valence-electron chi connectivity index (χ3n) is 4.16. The van der Waals surface area contributed by atoms with E-state index in [0.717, 1.165) is 0 Å². The largest absolute Gasteiger partial charge is 0.352 e. The van der Waals surface area contributed by atoms with Crippen LogP contribution in [0.2, 0.25) is 0 Å². The summed E-state index contributed by atoms with van der Waals surface area (Å²) in [4.78, 5) is 31.1. The van der Waals surface area contributed by atoms with Gasteiger partial charge in [0.2, 0.25) is 0 Å². The third-order valence-corrected chi connectivity index (χ3v) is 5.11. The topological polar surface area (TPSA) is 103 Å². The van der Waals surface area contributed by atoms with Gasteiger partial charge in [0.05, 0.1) is 16.1 Å². The summed E-state index contributed by atoms with van der Waals surface area (Å²) in [6, 6.07) is 9.85. The molecule has 1 aliphatic rings. The van der Waals surface area contributed by atoms with Crippen LogP contribution in [0.3, 0.4) is 0 Å². The summed E-state index contributed by atoms with van der Waals surface area (Å²) >= 11 is 2.01. The van der Waals surface area contributed by atoms with E-state index in [1.807, 2.05) is 27.5 Å². The molecule has 1 aromatic heterocycles. The van der Waals surface area contributed by atoms with Gasteiger partial charge in [-0.05, 0) is 40.8 Å². The normalized spacial score (nSPS) is 14.0. The molecule has 1 saturated heterocycles. The number of carbonyl (C=O) groups excluding carboxylic acids is 1. The van der Waals surface area contributed by atoms with E-state index in [9.17, 15) is 20.2 Å². The van der Waals surface area contributed by atoms with Crippen LogP contribution >= 0.6 is 22.6 Å². The molecule has 3 rings (SSSR count). The van der Waals surface area contributed by atoms with Gasteiger partial charge in [-0.25, -0.2) is 4.98 Å². The van der Waals surface area contributed by atoms with Crippen LogP contribution < -0.4 is 4.90 Å². The minimum absolute atomic E-state index is 0.0976. The van der Waals surface area contributed by atoms with Gasteiger partial charge in [-0.15, -0.1) is 0 Å². The molecule has 1 aromatic carbocycles. The molecule has 0 bridgehead atoms. The molecular weight excluding hydrogens is 449 g/mol. The first-order valence-corrected chi connectivity index (χ1v) is 8.92. The summed E-state index contributed by atoms with van der Waals surface area (Å²) < 4.78 is 0.678. The fourth-order valence-electron chi connectivity index (χ4n) is 2.82. The van der Waals surface area contributed by atoms with Crippen LogP contribution in [-0.2, 0) is 0 Å². The average Bonchev–Trinajstić information content (AvgIpc) is 2.67. The molecule has 1 fully saturated rings. The highest BCUT2D eigenvalue weighted by molar-refractivity contribution is 14.1. The van der Waals surface area contributed by atoms with Gasteiger partial charge in [0.25, 0.3) is 11.6 Å². The van der Waals surface area contributed by atoms with Crippen molar-refractivity contribution in [1.29, 1.82) is 5.26 Å². The molecule has 9 heteroatoms. The highest BCUT2D eigenvalue weighted by Crippen LogP contribution is 2.23. The molecule has 2 aromatic rings. The SMILES string of the molecule is N#Cc1cccnc1N1CCN(C(=O)c2cc([N+](=O)[O-])ccc2I)CC1. The molecule has 0 N–H and O–H groups in total. The van der Waals surface area contributed by atoms with Crippen LogP contribution in [0.15, 0.2) is 36.5 Å². The Bertz CT molecular complexity index is 904. The fourth-order valence-corrected chi connectivity index (χ4v) is 3.38. The van der Waals surface area contributed by atoms with E-state index in [4.69, 9.17) is 0 Å². The highest BCUT2D eigenvalue weighted by Gasteiger charge is 2.26. The lowest BCUT2D eigenvalue weighted by Crippen LogP contribution is -2.49. The fraction of sp³-hybridized carbons (Fsp3) is 0.235. The van der Waals surface area contributed by atoms with E-state index in [0.29, 0.717) is 46.7 Å². The summed E-state index contributed by atoms with van der Waals surface area (Å²) in [7, 11) is 0. The Kier molecular flexibility index (Phi) is 5.32. The molecule has 26 heavy (non-hydrogen) atoms. The number of nitriles is 1. The second-order valence-electron chi connectivity index (χ2n) is 5.69. The molecule has 0 radical (unpaired) electrons. The Morgan fingerprint density at radius 3 is 2.65 bits per heavy atom. The maximum Gasteiger partial charge on any atom is 0.270 e. The number of non-ortho nitro benzene ring substituents is 1. The van der Waals surface area contributed by atoms with Crippen molar-refractivity contribution in [2.45, 2.75) is 0 Å². The van der Waals surface area contributed by atoms with Crippen molar-refractivity contribution in [3.8, 4) is 6.07 Å². The van der Waals surface area contributed by atoms with Gasteiger partial charge < -0.3 is 9.80 Å². The number of hydrogen-bond acceptors (Lipinski definition) is 6. The lowest BCUT2D eigenvalue weighted by atomic mass is 10.1. The van der Waals surface area contributed by atoms with Gasteiger partial charge in [0.15, 0.2) is 0 Å². The van der Waals surface area contributed by atoms with Gasteiger partial charge in [0, 0.05) is 48.1 Å². The highest BCUT2D eigenvalue weighted by atomic mass is 127. The molecule has 0 aliphatic carbocycles. The number of anilines is 1. The minimum Gasteiger partial charge on any atom is -0.352 e. The number of pyridine rings is 1. The van der Waals surface area contributed by atoms with Crippen molar-refractivity contribution in [3.05, 3.63) is 61.3 Å². The number of rotatable bonds is 3. The first-order valence-electron chi connectivity index (χ1n) is 7.84. The lowest BCUT2D eigenvalue weighted by Gasteiger charge is -2.35. The Morgan fingerprint density at radius 1 is 1.27 bits per heavy atom. The van der Waals surface area contributed by atoms with Gasteiger partial charge in [-0.3, -0.25) is 14.9 Å². The van der Waals surface area contributed by atoms with Gasteiger partial charge in [-0.1, -0.05) is 0 Å². The quantitative estimate of drug-likeness (QED) is 0.394. The molecule has 0 spiro atoms. The summed E-state index contributed by atoms with van der Waals surface area (Å²) in [6.07, 6.45) is 1.64. The number of aromatic nitrogens is 1.